The second kappa shape index (κ2) is 8.29. The van der Waals surface area contributed by atoms with Gasteiger partial charge in [-0.1, -0.05) is 6.07 Å². The summed E-state index contributed by atoms with van der Waals surface area (Å²) in [5, 5.41) is 6.44. The molecule has 1 aromatic rings. The summed E-state index contributed by atoms with van der Waals surface area (Å²) in [5.74, 6) is 0.829. The SMILES string of the molecule is CNc1ccc(CCN2CCNCC2)c(C(OC)OC)n1. The lowest BCUT2D eigenvalue weighted by molar-refractivity contribution is -0.109. The molecule has 2 rings (SSSR count). The maximum absolute atomic E-state index is 5.38. The average molecular weight is 294 g/mol. The molecule has 0 bridgehead atoms. The number of rotatable bonds is 7. The van der Waals surface area contributed by atoms with Crippen LogP contribution in [-0.4, -0.2) is 63.9 Å². The monoisotopic (exact) mass is 294 g/mol. The van der Waals surface area contributed by atoms with Gasteiger partial charge in [-0.05, 0) is 18.1 Å². The Labute approximate surface area is 126 Å². The molecule has 0 unspecified atom stereocenters. The Bertz CT molecular complexity index is 432. The van der Waals surface area contributed by atoms with Crippen LogP contribution in [0.2, 0.25) is 0 Å². The summed E-state index contributed by atoms with van der Waals surface area (Å²) in [6, 6.07) is 4.11. The second-order valence-corrected chi connectivity index (χ2v) is 5.14. The maximum Gasteiger partial charge on any atom is 0.200 e. The first-order chi connectivity index (χ1) is 10.3. The van der Waals surface area contributed by atoms with E-state index in [1.165, 1.54) is 5.56 Å². The minimum atomic E-state index is -0.420. The van der Waals surface area contributed by atoms with E-state index in [4.69, 9.17) is 9.47 Å². The van der Waals surface area contributed by atoms with Gasteiger partial charge < -0.3 is 25.0 Å². The molecule has 0 aromatic carbocycles. The van der Waals surface area contributed by atoms with Crippen molar-refractivity contribution in [1.29, 1.82) is 0 Å². The van der Waals surface area contributed by atoms with Crippen LogP contribution in [0.15, 0.2) is 12.1 Å². The largest absolute Gasteiger partial charge is 0.373 e. The molecule has 1 aromatic heterocycles. The third-order valence-corrected chi connectivity index (χ3v) is 3.83. The maximum atomic E-state index is 5.38. The fourth-order valence-electron chi connectivity index (χ4n) is 2.59. The first-order valence-corrected chi connectivity index (χ1v) is 7.44. The first kappa shape index (κ1) is 16.2. The molecule has 118 valence electrons. The van der Waals surface area contributed by atoms with Crippen LogP contribution in [0.5, 0.6) is 0 Å². The molecule has 0 radical (unpaired) electrons. The Morgan fingerprint density at radius 3 is 2.62 bits per heavy atom. The Balaban J connectivity index is 2.09. The van der Waals surface area contributed by atoms with Crippen molar-refractivity contribution in [2.45, 2.75) is 12.7 Å². The van der Waals surface area contributed by atoms with Gasteiger partial charge >= 0.3 is 0 Å². The van der Waals surface area contributed by atoms with Gasteiger partial charge in [-0.3, -0.25) is 0 Å². The van der Waals surface area contributed by atoms with Crippen molar-refractivity contribution in [2.75, 3.05) is 59.3 Å². The van der Waals surface area contributed by atoms with Gasteiger partial charge in [-0.2, -0.15) is 0 Å². The van der Waals surface area contributed by atoms with E-state index < -0.39 is 6.29 Å². The molecule has 6 heteroatoms. The Kier molecular flexibility index (Phi) is 6.38. The highest BCUT2D eigenvalue weighted by atomic mass is 16.7. The normalized spacial score (nSPS) is 16.4. The fraction of sp³-hybridized carbons (Fsp3) is 0.667. The van der Waals surface area contributed by atoms with E-state index in [-0.39, 0.29) is 0 Å². The van der Waals surface area contributed by atoms with E-state index in [0.717, 1.165) is 50.7 Å². The van der Waals surface area contributed by atoms with Crippen LogP contribution in [0.25, 0.3) is 0 Å². The van der Waals surface area contributed by atoms with Crippen LogP contribution < -0.4 is 10.6 Å². The predicted octanol–water partition coefficient (Wildman–Crippen LogP) is 0.862. The fourth-order valence-corrected chi connectivity index (χ4v) is 2.59. The lowest BCUT2D eigenvalue weighted by Gasteiger charge is -2.27. The van der Waals surface area contributed by atoms with Gasteiger partial charge in [0, 0.05) is 54.0 Å². The number of piperazine rings is 1. The molecule has 1 aliphatic rings. The molecule has 1 saturated heterocycles. The van der Waals surface area contributed by atoms with E-state index >= 15 is 0 Å². The van der Waals surface area contributed by atoms with E-state index in [9.17, 15) is 0 Å². The number of hydrogen-bond donors (Lipinski definition) is 2. The molecule has 2 N–H and O–H groups in total. The van der Waals surface area contributed by atoms with E-state index in [2.05, 4.69) is 26.6 Å². The summed E-state index contributed by atoms with van der Waals surface area (Å²) in [6.07, 6.45) is 0.534. The van der Waals surface area contributed by atoms with Gasteiger partial charge in [0.1, 0.15) is 11.5 Å². The van der Waals surface area contributed by atoms with Crippen LogP contribution in [-0.2, 0) is 15.9 Å². The Hall–Kier alpha value is -1.21. The van der Waals surface area contributed by atoms with Crippen LogP contribution in [0.1, 0.15) is 17.5 Å². The van der Waals surface area contributed by atoms with Crippen LogP contribution >= 0.6 is 0 Å². The molecule has 0 spiro atoms. The molecule has 6 nitrogen and oxygen atoms in total. The Morgan fingerprint density at radius 1 is 1.29 bits per heavy atom. The third-order valence-electron chi connectivity index (χ3n) is 3.83. The molecule has 0 atom stereocenters. The van der Waals surface area contributed by atoms with Crippen LogP contribution in [0.3, 0.4) is 0 Å². The predicted molar refractivity (Wildman–Crippen MR) is 83.6 cm³/mol. The number of aromatic nitrogens is 1. The summed E-state index contributed by atoms with van der Waals surface area (Å²) < 4.78 is 10.8. The van der Waals surface area contributed by atoms with Crippen molar-refractivity contribution in [3.05, 3.63) is 23.4 Å². The average Bonchev–Trinajstić information content (AvgIpc) is 2.55. The minimum Gasteiger partial charge on any atom is -0.373 e. The summed E-state index contributed by atoms with van der Waals surface area (Å²) in [6.45, 7) is 5.39. The zero-order valence-electron chi connectivity index (χ0n) is 13.2. The smallest absolute Gasteiger partial charge is 0.200 e. The quantitative estimate of drug-likeness (QED) is 0.728. The number of pyridine rings is 1. The number of methoxy groups -OCH3 is 2. The van der Waals surface area contributed by atoms with Crippen LogP contribution in [0.4, 0.5) is 5.82 Å². The lowest BCUT2D eigenvalue weighted by atomic mass is 10.1. The molecule has 0 saturated carbocycles. The minimum absolute atomic E-state index is 0.420. The van der Waals surface area contributed by atoms with Crippen LogP contribution in [0, 0.1) is 0 Å². The van der Waals surface area contributed by atoms with Gasteiger partial charge in [0.15, 0.2) is 0 Å². The van der Waals surface area contributed by atoms with E-state index in [1.807, 2.05) is 13.1 Å². The zero-order valence-corrected chi connectivity index (χ0v) is 13.2. The number of nitrogens with one attached hydrogen (secondary N) is 2. The summed E-state index contributed by atoms with van der Waals surface area (Å²) >= 11 is 0. The van der Waals surface area contributed by atoms with Crippen molar-refractivity contribution >= 4 is 5.82 Å². The van der Waals surface area contributed by atoms with Crippen molar-refractivity contribution in [3.8, 4) is 0 Å². The van der Waals surface area contributed by atoms with Gasteiger partial charge in [0.2, 0.25) is 6.29 Å². The molecular formula is C15H26N4O2. The molecular weight excluding hydrogens is 268 g/mol. The highest BCUT2D eigenvalue weighted by molar-refractivity contribution is 5.38. The second-order valence-electron chi connectivity index (χ2n) is 5.14. The molecule has 21 heavy (non-hydrogen) atoms. The highest BCUT2D eigenvalue weighted by Gasteiger charge is 2.18. The van der Waals surface area contributed by atoms with E-state index in [0.29, 0.717) is 0 Å². The van der Waals surface area contributed by atoms with Gasteiger partial charge in [0.25, 0.3) is 0 Å². The molecule has 2 heterocycles. The van der Waals surface area contributed by atoms with Gasteiger partial charge in [-0.15, -0.1) is 0 Å². The molecule has 1 aliphatic heterocycles. The first-order valence-electron chi connectivity index (χ1n) is 7.44. The van der Waals surface area contributed by atoms with E-state index in [1.54, 1.807) is 14.2 Å². The molecule has 1 fully saturated rings. The molecule has 0 amide bonds. The van der Waals surface area contributed by atoms with Crippen molar-refractivity contribution < 1.29 is 9.47 Å². The highest BCUT2D eigenvalue weighted by Crippen LogP contribution is 2.22. The zero-order chi connectivity index (χ0) is 15.1. The standard InChI is InChI=1S/C15H26N4O2/c1-16-13-5-4-12(14(18-13)15(20-2)21-3)6-9-19-10-7-17-8-11-19/h4-5,15,17H,6-11H2,1-3H3,(H,16,18). The van der Waals surface area contributed by atoms with Crippen molar-refractivity contribution in [3.63, 3.8) is 0 Å². The number of anilines is 1. The van der Waals surface area contributed by atoms with Crippen molar-refractivity contribution in [1.82, 2.24) is 15.2 Å². The Morgan fingerprint density at radius 2 is 2.00 bits per heavy atom. The lowest BCUT2D eigenvalue weighted by Crippen LogP contribution is -2.44. The third kappa shape index (κ3) is 4.38. The number of ether oxygens (including phenoxy) is 2. The number of nitrogens with zero attached hydrogens (tertiary/aromatic N) is 2. The van der Waals surface area contributed by atoms with Gasteiger partial charge in [-0.25, -0.2) is 4.98 Å². The topological polar surface area (TPSA) is 58.7 Å². The van der Waals surface area contributed by atoms with Crippen molar-refractivity contribution in [2.24, 2.45) is 0 Å². The summed E-state index contributed by atoms with van der Waals surface area (Å²) in [4.78, 5) is 7.08. The van der Waals surface area contributed by atoms with Gasteiger partial charge in [0.05, 0.1) is 0 Å². The summed E-state index contributed by atoms with van der Waals surface area (Å²) in [5.41, 5.74) is 2.04. The summed E-state index contributed by atoms with van der Waals surface area (Å²) in [7, 11) is 5.14. The number of hydrogen-bond acceptors (Lipinski definition) is 6. The molecule has 0 aliphatic carbocycles.